The van der Waals surface area contributed by atoms with Gasteiger partial charge in [-0.3, -0.25) is 4.90 Å². The van der Waals surface area contributed by atoms with Crippen LogP contribution in [0.5, 0.6) is 0 Å². The second-order valence-corrected chi connectivity index (χ2v) is 9.44. The number of carbonyl (C=O) groups excluding carboxylic acids is 1. The molecule has 0 N–H and O–H groups in total. The van der Waals surface area contributed by atoms with Crippen LogP contribution in [0, 0.1) is 0 Å². The number of morpholine rings is 1. The summed E-state index contributed by atoms with van der Waals surface area (Å²) in [5, 5.41) is 0. The van der Waals surface area contributed by atoms with E-state index in [-0.39, 0.29) is 25.2 Å². The Hall–Kier alpha value is -3.58. The zero-order chi connectivity index (χ0) is 24.9. The topological polar surface area (TPSA) is 38.8 Å². The second kappa shape index (κ2) is 8.82. The maximum absolute atomic E-state index is 13.3. The number of benzene rings is 3. The van der Waals surface area contributed by atoms with Gasteiger partial charge >= 0.3 is 12.3 Å². The van der Waals surface area contributed by atoms with Crippen molar-refractivity contribution in [2.75, 3.05) is 19.8 Å². The lowest BCUT2D eigenvalue weighted by atomic mass is 9.89. The summed E-state index contributed by atoms with van der Waals surface area (Å²) in [4.78, 5) is 15.0. The third-order valence-electron chi connectivity index (χ3n) is 7.31. The summed E-state index contributed by atoms with van der Waals surface area (Å²) >= 11 is 0. The normalized spacial score (nSPS) is 21.0. The Bertz CT molecular complexity index is 1300. The van der Waals surface area contributed by atoms with Gasteiger partial charge in [0.1, 0.15) is 6.61 Å². The van der Waals surface area contributed by atoms with Crippen LogP contribution >= 0.6 is 0 Å². The molecule has 0 aromatic heterocycles. The van der Waals surface area contributed by atoms with E-state index in [1.807, 2.05) is 30.3 Å². The van der Waals surface area contributed by atoms with E-state index in [1.165, 1.54) is 12.1 Å². The van der Waals surface area contributed by atoms with E-state index in [9.17, 15) is 18.0 Å². The average molecular weight is 492 g/mol. The minimum absolute atomic E-state index is 0.0431. The first-order chi connectivity index (χ1) is 17.4. The lowest BCUT2D eigenvalue weighted by Gasteiger charge is -2.44. The van der Waals surface area contributed by atoms with Crippen LogP contribution in [0.2, 0.25) is 0 Å². The highest BCUT2D eigenvalue weighted by Crippen LogP contribution is 2.45. The van der Waals surface area contributed by atoms with Gasteiger partial charge in [0.2, 0.25) is 0 Å². The molecule has 0 saturated carbocycles. The minimum Gasteiger partial charge on any atom is -0.448 e. The first-order valence-electron chi connectivity index (χ1n) is 12.0. The molecule has 1 saturated heterocycles. The number of fused-ring (bicyclic) bond motifs is 5. The largest absolute Gasteiger partial charge is 0.448 e. The average Bonchev–Trinajstić information content (AvgIpc) is 3.20. The molecule has 1 amide bonds. The fraction of sp³-hybridized carbons (Fsp3) is 0.276. The van der Waals surface area contributed by atoms with Gasteiger partial charge in [0.25, 0.3) is 0 Å². The molecule has 2 heterocycles. The summed E-state index contributed by atoms with van der Waals surface area (Å²) < 4.78 is 51.2. The molecule has 4 nitrogen and oxygen atoms in total. The van der Waals surface area contributed by atoms with Gasteiger partial charge in [-0.05, 0) is 51.9 Å². The highest BCUT2D eigenvalue weighted by molar-refractivity contribution is 5.79. The third-order valence-corrected chi connectivity index (χ3v) is 7.31. The molecule has 2 atom stereocenters. The van der Waals surface area contributed by atoms with Gasteiger partial charge in [0.05, 0.1) is 30.9 Å². The fourth-order valence-electron chi connectivity index (χ4n) is 5.66. The van der Waals surface area contributed by atoms with Crippen LogP contribution < -0.4 is 0 Å². The smallest absolute Gasteiger partial charge is 0.416 e. The van der Waals surface area contributed by atoms with Crippen molar-refractivity contribution in [1.82, 2.24) is 4.90 Å². The Labute approximate surface area is 206 Å². The molecule has 7 heteroatoms. The summed E-state index contributed by atoms with van der Waals surface area (Å²) in [6.45, 7) is 0.814. The summed E-state index contributed by atoms with van der Waals surface area (Å²) in [7, 11) is 0. The standard InChI is InChI=1S/C29H24F3NO3/c30-29(31,32)20-7-5-6-18(12-20)19-13-21-15-35-16-22(14-19)33(21)28(34)36-17-27-25-10-3-1-8-23(25)24-9-2-4-11-26(24)27/h1-13,21-22,27H,14-17H2. The van der Waals surface area contributed by atoms with Crippen molar-refractivity contribution in [2.24, 2.45) is 0 Å². The molecule has 2 bridgehead atoms. The Morgan fingerprint density at radius 3 is 2.31 bits per heavy atom. The molecule has 0 spiro atoms. The first kappa shape index (κ1) is 22.9. The van der Waals surface area contributed by atoms with Crippen molar-refractivity contribution in [3.8, 4) is 11.1 Å². The fourth-order valence-corrected chi connectivity index (χ4v) is 5.66. The number of carbonyl (C=O) groups is 1. The molecule has 3 aliphatic rings. The quantitative estimate of drug-likeness (QED) is 0.419. The van der Waals surface area contributed by atoms with Crippen LogP contribution in [-0.2, 0) is 15.7 Å². The Balaban J connectivity index is 1.22. The highest BCUT2D eigenvalue weighted by Gasteiger charge is 2.40. The third kappa shape index (κ3) is 3.97. The van der Waals surface area contributed by atoms with Crippen molar-refractivity contribution < 1.29 is 27.4 Å². The van der Waals surface area contributed by atoms with Gasteiger partial charge in [0, 0.05) is 5.92 Å². The number of halogens is 3. The second-order valence-electron chi connectivity index (χ2n) is 9.44. The van der Waals surface area contributed by atoms with E-state index in [1.54, 1.807) is 11.0 Å². The Morgan fingerprint density at radius 2 is 1.64 bits per heavy atom. The maximum Gasteiger partial charge on any atom is 0.416 e. The van der Waals surface area contributed by atoms with Gasteiger partial charge in [-0.1, -0.05) is 66.7 Å². The molecule has 36 heavy (non-hydrogen) atoms. The van der Waals surface area contributed by atoms with Crippen LogP contribution in [-0.4, -0.2) is 42.9 Å². The number of alkyl halides is 3. The summed E-state index contributed by atoms with van der Waals surface area (Å²) in [6.07, 6.45) is -2.58. The molecule has 1 aliphatic carbocycles. The molecular formula is C29H24F3NO3. The molecule has 1 fully saturated rings. The van der Waals surface area contributed by atoms with Crippen LogP contribution in [0.1, 0.15) is 34.6 Å². The lowest BCUT2D eigenvalue weighted by Crippen LogP contribution is -2.56. The van der Waals surface area contributed by atoms with Crippen molar-refractivity contribution in [3.63, 3.8) is 0 Å². The monoisotopic (exact) mass is 491 g/mol. The van der Waals surface area contributed by atoms with Gasteiger partial charge in [-0.2, -0.15) is 13.2 Å². The van der Waals surface area contributed by atoms with E-state index < -0.39 is 23.9 Å². The number of rotatable bonds is 3. The number of ether oxygens (including phenoxy) is 2. The molecule has 184 valence electrons. The van der Waals surface area contributed by atoms with Crippen LogP contribution in [0.4, 0.5) is 18.0 Å². The van der Waals surface area contributed by atoms with E-state index in [2.05, 4.69) is 24.3 Å². The van der Waals surface area contributed by atoms with Crippen molar-refractivity contribution in [1.29, 1.82) is 0 Å². The van der Waals surface area contributed by atoms with Gasteiger partial charge in [-0.25, -0.2) is 4.79 Å². The summed E-state index contributed by atoms with van der Waals surface area (Å²) in [6, 6.07) is 21.0. The number of hydrogen-bond acceptors (Lipinski definition) is 3. The van der Waals surface area contributed by atoms with E-state index in [0.717, 1.165) is 33.9 Å². The molecule has 0 radical (unpaired) electrons. The van der Waals surface area contributed by atoms with Crippen molar-refractivity contribution >= 4 is 11.7 Å². The first-order valence-corrected chi connectivity index (χ1v) is 12.0. The summed E-state index contributed by atoms with van der Waals surface area (Å²) in [5.74, 6) is -0.0431. The van der Waals surface area contributed by atoms with Crippen molar-refractivity contribution in [3.05, 3.63) is 101 Å². The maximum atomic E-state index is 13.3. The molecule has 3 aromatic rings. The van der Waals surface area contributed by atoms with Crippen LogP contribution in [0.25, 0.3) is 16.7 Å². The molecule has 6 rings (SSSR count). The predicted molar refractivity (Wildman–Crippen MR) is 129 cm³/mol. The zero-order valence-electron chi connectivity index (χ0n) is 19.4. The van der Waals surface area contributed by atoms with E-state index in [0.29, 0.717) is 18.6 Å². The zero-order valence-corrected chi connectivity index (χ0v) is 19.4. The SMILES string of the molecule is O=C(OCC1c2ccccc2-c2ccccc21)N1C2C=C(c3cccc(C(F)(F)F)c3)CC1COC2. The van der Waals surface area contributed by atoms with E-state index in [4.69, 9.17) is 9.47 Å². The van der Waals surface area contributed by atoms with Gasteiger partial charge < -0.3 is 9.47 Å². The Kier molecular flexibility index (Phi) is 5.60. The molecular weight excluding hydrogens is 467 g/mol. The number of amides is 1. The van der Waals surface area contributed by atoms with E-state index >= 15 is 0 Å². The van der Waals surface area contributed by atoms with Gasteiger partial charge in [0.15, 0.2) is 0 Å². The molecule has 3 aromatic carbocycles. The van der Waals surface area contributed by atoms with Crippen molar-refractivity contribution in [2.45, 2.75) is 30.6 Å². The molecule has 2 unspecified atom stereocenters. The Morgan fingerprint density at radius 1 is 0.944 bits per heavy atom. The summed E-state index contributed by atoms with van der Waals surface area (Å²) in [5.41, 5.74) is 5.23. The van der Waals surface area contributed by atoms with Crippen LogP contribution in [0.3, 0.4) is 0 Å². The molecule has 2 aliphatic heterocycles. The lowest BCUT2D eigenvalue weighted by molar-refractivity contribution is -0.137. The minimum atomic E-state index is -4.41. The highest BCUT2D eigenvalue weighted by atomic mass is 19.4. The number of hydrogen-bond donors (Lipinski definition) is 0. The van der Waals surface area contributed by atoms with Crippen LogP contribution in [0.15, 0.2) is 78.9 Å². The van der Waals surface area contributed by atoms with Gasteiger partial charge in [-0.15, -0.1) is 0 Å². The number of nitrogens with zero attached hydrogens (tertiary/aromatic N) is 1. The predicted octanol–water partition coefficient (Wildman–Crippen LogP) is 6.51.